The molecule has 1 aromatic heterocycles. The molecule has 1 aromatic carbocycles. The highest BCUT2D eigenvalue weighted by Crippen LogP contribution is 2.26. The van der Waals surface area contributed by atoms with Crippen LogP contribution in [0.25, 0.3) is 11.1 Å². The average Bonchev–Trinajstić information content (AvgIpc) is 3.10. The first-order chi connectivity index (χ1) is 11.7. The van der Waals surface area contributed by atoms with E-state index in [0.717, 1.165) is 11.1 Å². The largest absolute Gasteiger partial charge is 0.358 e. The molecule has 1 saturated heterocycles. The lowest BCUT2D eigenvalue weighted by molar-refractivity contribution is -0.121. The van der Waals surface area contributed by atoms with Crippen molar-refractivity contribution in [1.82, 2.24) is 20.0 Å². The van der Waals surface area contributed by atoms with Gasteiger partial charge in [0.2, 0.25) is 5.91 Å². The molecule has 2 heterocycles. The lowest BCUT2D eigenvalue weighted by Gasteiger charge is -2.32. The highest BCUT2D eigenvalue weighted by Gasteiger charge is 2.18. The maximum atomic E-state index is 11.4. The van der Waals surface area contributed by atoms with Crippen molar-refractivity contribution in [2.75, 3.05) is 20.1 Å². The lowest BCUT2D eigenvalue weighted by Crippen LogP contribution is -2.32. The molecule has 0 spiro atoms. The van der Waals surface area contributed by atoms with E-state index in [1.165, 1.54) is 37.9 Å². The number of amides is 1. The molecule has 3 rings (SSSR count). The molecule has 2 aromatic rings. The van der Waals surface area contributed by atoms with Crippen LogP contribution in [0.5, 0.6) is 0 Å². The van der Waals surface area contributed by atoms with Crippen molar-refractivity contribution in [2.45, 2.75) is 38.8 Å². The van der Waals surface area contributed by atoms with Crippen LogP contribution in [-0.4, -0.2) is 40.7 Å². The van der Waals surface area contributed by atoms with Crippen LogP contribution < -0.4 is 5.32 Å². The van der Waals surface area contributed by atoms with Gasteiger partial charge in [-0.15, -0.1) is 0 Å². The molecule has 5 nitrogen and oxygen atoms in total. The Labute approximate surface area is 143 Å². The normalized spacial score (nSPS) is 16.8. The molecule has 1 fully saturated rings. The molecule has 1 amide bonds. The Bertz CT molecular complexity index is 671. The Morgan fingerprint density at radius 1 is 1.17 bits per heavy atom. The Morgan fingerprint density at radius 3 is 2.54 bits per heavy atom. The molecule has 5 heteroatoms. The number of aromatic nitrogens is 2. The van der Waals surface area contributed by atoms with Crippen molar-refractivity contribution in [3.8, 4) is 11.1 Å². The van der Waals surface area contributed by atoms with E-state index >= 15 is 0 Å². The van der Waals surface area contributed by atoms with Gasteiger partial charge in [-0.25, -0.2) is 0 Å². The lowest BCUT2D eigenvalue weighted by atomic mass is 10.0. The Morgan fingerprint density at radius 2 is 1.88 bits per heavy atom. The Hall–Kier alpha value is -2.14. The number of piperidine rings is 1. The van der Waals surface area contributed by atoms with Crippen molar-refractivity contribution >= 4 is 5.91 Å². The molecule has 1 atom stereocenters. The predicted octanol–water partition coefficient (Wildman–Crippen LogP) is 2.84. The summed E-state index contributed by atoms with van der Waals surface area (Å²) in [6.07, 6.45) is 7.71. The number of carbonyl (C=O) groups excluding carboxylic acids is 1. The molecule has 24 heavy (non-hydrogen) atoms. The van der Waals surface area contributed by atoms with Crippen LogP contribution in [0, 0.1) is 0 Å². The molecular formula is C19H26N4O. The number of benzene rings is 1. The van der Waals surface area contributed by atoms with Crippen molar-refractivity contribution in [3.63, 3.8) is 0 Å². The van der Waals surface area contributed by atoms with Gasteiger partial charge in [-0.1, -0.05) is 30.7 Å². The summed E-state index contributed by atoms with van der Waals surface area (Å²) in [6.45, 7) is 4.95. The highest BCUT2D eigenvalue weighted by molar-refractivity contribution is 5.75. The standard InChI is InChI=1S/C19H26N4O/c1-15(22-10-4-3-5-11-22)16-6-8-17(9-7-16)18-12-21-23(13-18)14-19(24)20-2/h6-9,12-13,15H,3-5,10-11,14H2,1-2H3,(H,20,24)/t15-/m1/s1. The third-order valence-corrected chi connectivity index (χ3v) is 4.88. The van der Waals surface area contributed by atoms with Crippen LogP contribution in [0.15, 0.2) is 36.7 Å². The number of carbonyl (C=O) groups is 1. The van der Waals surface area contributed by atoms with Crippen LogP contribution >= 0.6 is 0 Å². The van der Waals surface area contributed by atoms with E-state index in [1.807, 2.05) is 12.4 Å². The van der Waals surface area contributed by atoms with E-state index in [9.17, 15) is 4.79 Å². The first-order valence-electron chi connectivity index (χ1n) is 8.75. The second-order valence-electron chi connectivity index (χ2n) is 6.49. The van der Waals surface area contributed by atoms with E-state index in [1.54, 1.807) is 11.7 Å². The predicted molar refractivity (Wildman–Crippen MR) is 95.6 cm³/mol. The van der Waals surface area contributed by atoms with E-state index in [2.05, 4.69) is 46.5 Å². The summed E-state index contributed by atoms with van der Waals surface area (Å²) in [5, 5.41) is 6.87. The van der Waals surface area contributed by atoms with Crippen molar-refractivity contribution in [1.29, 1.82) is 0 Å². The van der Waals surface area contributed by atoms with Gasteiger partial charge in [0.15, 0.2) is 0 Å². The minimum atomic E-state index is -0.0460. The van der Waals surface area contributed by atoms with Gasteiger partial charge in [-0.05, 0) is 44.0 Å². The molecule has 0 radical (unpaired) electrons. The summed E-state index contributed by atoms with van der Waals surface area (Å²) >= 11 is 0. The first kappa shape index (κ1) is 16.7. The Kier molecular flexibility index (Phi) is 5.30. The molecule has 1 aliphatic rings. The molecular weight excluding hydrogens is 300 g/mol. The van der Waals surface area contributed by atoms with Gasteiger partial charge in [-0.3, -0.25) is 14.4 Å². The van der Waals surface area contributed by atoms with Crippen LogP contribution in [-0.2, 0) is 11.3 Å². The smallest absolute Gasteiger partial charge is 0.241 e. The number of likely N-dealkylation sites (tertiary alicyclic amines) is 1. The van der Waals surface area contributed by atoms with Gasteiger partial charge in [0.25, 0.3) is 0 Å². The van der Waals surface area contributed by atoms with Crippen LogP contribution in [0.1, 0.15) is 37.8 Å². The third-order valence-electron chi connectivity index (χ3n) is 4.88. The number of nitrogens with one attached hydrogen (secondary N) is 1. The summed E-state index contributed by atoms with van der Waals surface area (Å²) in [5.74, 6) is -0.0460. The van der Waals surface area contributed by atoms with Gasteiger partial charge in [-0.2, -0.15) is 5.10 Å². The summed E-state index contributed by atoms with van der Waals surface area (Å²) in [6, 6.07) is 9.19. The molecule has 0 bridgehead atoms. The van der Waals surface area contributed by atoms with Crippen LogP contribution in [0.2, 0.25) is 0 Å². The van der Waals surface area contributed by atoms with Crippen LogP contribution in [0.4, 0.5) is 0 Å². The van der Waals surface area contributed by atoms with Gasteiger partial charge in [0.05, 0.1) is 6.20 Å². The van der Waals surface area contributed by atoms with E-state index in [-0.39, 0.29) is 12.5 Å². The molecule has 128 valence electrons. The topological polar surface area (TPSA) is 50.2 Å². The number of rotatable bonds is 5. The zero-order chi connectivity index (χ0) is 16.9. The summed E-state index contributed by atoms with van der Waals surface area (Å²) in [4.78, 5) is 14.0. The van der Waals surface area contributed by atoms with Crippen molar-refractivity contribution in [2.24, 2.45) is 0 Å². The first-order valence-corrected chi connectivity index (χ1v) is 8.75. The zero-order valence-electron chi connectivity index (χ0n) is 14.5. The second kappa shape index (κ2) is 7.62. The fraction of sp³-hybridized carbons (Fsp3) is 0.474. The molecule has 0 aliphatic carbocycles. The summed E-state index contributed by atoms with van der Waals surface area (Å²) in [5.41, 5.74) is 3.53. The van der Waals surface area contributed by atoms with Crippen LogP contribution in [0.3, 0.4) is 0 Å². The van der Waals surface area contributed by atoms with E-state index in [0.29, 0.717) is 6.04 Å². The van der Waals surface area contributed by atoms with Gasteiger partial charge < -0.3 is 5.32 Å². The number of hydrogen-bond acceptors (Lipinski definition) is 3. The second-order valence-corrected chi connectivity index (χ2v) is 6.49. The fourth-order valence-corrected chi connectivity index (χ4v) is 3.30. The average molecular weight is 326 g/mol. The summed E-state index contributed by atoms with van der Waals surface area (Å²) in [7, 11) is 1.63. The summed E-state index contributed by atoms with van der Waals surface area (Å²) < 4.78 is 1.67. The Balaban J connectivity index is 1.69. The quantitative estimate of drug-likeness (QED) is 0.919. The molecule has 1 aliphatic heterocycles. The molecule has 1 N–H and O–H groups in total. The third kappa shape index (κ3) is 3.85. The van der Waals surface area contributed by atoms with Gasteiger partial charge >= 0.3 is 0 Å². The molecule has 0 saturated carbocycles. The number of hydrogen-bond donors (Lipinski definition) is 1. The van der Waals surface area contributed by atoms with Gasteiger partial charge in [0, 0.05) is 24.8 Å². The fourth-order valence-electron chi connectivity index (χ4n) is 3.30. The van der Waals surface area contributed by atoms with Gasteiger partial charge in [0.1, 0.15) is 6.54 Å². The maximum Gasteiger partial charge on any atom is 0.241 e. The minimum absolute atomic E-state index is 0.0460. The van der Waals surface area contributed by atoms with E-state index < -0.39 is 0 Å². The van der Waals surface area contributed by atoms with E-state index in [4.69, 9.17) is 0 Å². The number of nitrogens with zero attached hydrogens (tertiary/aromatic N) is 3. The SMILES string of the molecule is CNC(=O)Cn1cc(-c2ccc([C@@H](C)N3CCCCC3)cc2)cn1. The number of likely N-dealkylation sites (N-methyl/N-ethyl adjacent to an activating group) is 1. The molecule has 0 unspecified atom stereocenters. The minimum Gasteiger partial charge on any atom is -0.358 e. The zero-order valence-corrected chi connectivity index (χ0v) is 14.5. The van der Waals surface area contributed by atoms with Crippen molar-refractivity contribution in [3.05, 3.63) is 42.2 Å². The monoisotopic (exact) mass is 326 g/mol. The van der Waals surface area contributed by atoms with Crippen molar-refractivity contribution < 1.29 is 4.79 Å². The highest BCUT2D eigenvalue weighted by atomic mass is 16.1. The maximum absolute atomic E-state index is 11.4.